The largest absolute Gasteiger partial charge is 0.466 e. The standard InChI is InChI=1S/C73H139NO5/c1-3-5-7-9-11-13-15-17-18-19-32-36-39-43-47-51-55-59-63-67-73(78)79-68-64-60-56-52-48-44-40-37-34-31-29-27-25-23-21-20-22-24-26-28-30-33-35-38-42-46-50-54-58-62-66-72(77)74-70(69-75)71(76)65-61-57-53-49-45-41-16-14-12-10-8-6-4-2/h11,13,17-18,21,23,70-71,75-76H,3-10,12,14-16,19-20,22,24-69H2,1-2H3,(H,74,77)/b13-11-,18-17-,23-21-. The van der Waals surface area contributed by atoms with Gasteiger partial charge in [-0.2, -0.15) is 0 Å². The maximum Gasteiger partial charge on any atom is 0.305 e. The highest BCUT2D eigenvalue weighted by atomic mass is 16.5. The van der Waals surface area contributed by atoms with E-state index in [1.54, 1.807) is 0 Å². The maximum atomic E-state index is 12.5. The molecular formula is C73H139NO5. The molecule has 3 N–H and O–H groups in total. The number of unbranched alkanes of at least 4 members (excludes halogenated alkanes) is 50. The van der Waals surface area contributed by atoms with Crippen molar-refractivity contribution in [2.24, 2.45) is 0 Å². The lowest BCUT2D eigenvalue weighted by molar-refractivity contribution is -0.143. The van der Waals surface area contributed by atoms with Gasteiger partial charge in [0.25, 0.3) is 0 Å². The van der Waals surface area contributed by atoms with E-state index in [-0.39, 0.29) is 18.5 Å². The summed E-state index contributed by atoms with van der Waals surface area (Å²) in [4.78, 5) is 24.6. The topological polar surface area (TPSA) is 95.9 Å². The van der Waals surface area contributed by atoms with Gasteiger partial charge in [0.2, 0.25) is 5.91 Å². The van der Waals surface area contributed by atoms with Crippen molar-refractivity contribution in [1.82, 2.24) is 5.32 Å². The first kappa shape index (κ1) is 77.1. The fourth-order valence-electron chi connectivity index (χ4n) is 11.2. The van der Waals surface area contributed by atoms with E-state index in [2.05, 4.69) is 55.6 Å². The minimum absolute atomic E-state index is 0.0137. The zero-order valence-electron chi connectivity index (χ0n) is 53.4. The van der Waals surface area contributed by atoms with Crippen LogP contribution in [0.15, 0.2) is 36.5 Å². The molecule has 0 bridgehead atoms. The number of hydrogen-bond acceptors (Lipinski definition) is 5. The molecule has 6 heteroatoms. The van der Waals surface area contributed by atoms with Crippen molar-refractivity contribution >= 4 is 11.9 Å². The molecule has 0 aliphatic carbocycles. The maximum absolute atomic E-state index is 12.5. The van der Waals surface area contributed by atoms with Gasteiger partial charge in [0.05, 0.1) is 25.4 Å². The predicted octanol–water partition coefficient (Wildman–Crippen LogP) is 23.1. The van der Waals surface area contributed by atoms with Crippen LogP contribution < -0.4 is 5.32 Å². The molecule has 0 saturated heterocycles. The molecule has 6 nitrogen and oxygen atoms in total. The van der Waals surface area contributed by atoms with Gasteiger partial charge < -0.3 is 20.3 Å². The minimum atomic E-state index is -0.662. The number of rotatable bonds is 67. The van der Waals surface area contributed by atoms with Crippen LogP contribution in [0.3, 0.4) is 0 Å². The molecule has 2 atom stereocenters. The second-order valence-corrected chi connectivity index (χ2v) is 24.6. The van der Waals surface area contributed by atoms with Crippen LogP contribution >= 0.6 is 0 Å². The number of carbonyl (C=O) groups is 2. The molecule has 0 heterocycles. The van der Waals surface area contributed by atoms with Crippen LogP contribution in [-0.2, 0) is 14.3 Å². The highest BCUT2D eigenvalue weighted by molar-refractivity contribution is 5.76. The van der Waals surface area contributed by atoms with Crippen LogP contribution in [0.4, 0.5) is 0 Å². The third-order valence-electron chi connectivity index (χ3n) is 16.7. The summed E-state index contributed by atoms with van der Waals surface area (Å²) >= 11 is 0. The van der Waals surface area contributed by atoms with Gasteiger partial charge in [0, 0.05) is 12.8 Å². The number of aliphatic hydroxyl groups excluding tert-OH is 2. The van der Waals surface area contributed by atoms with Crippen LogP contribution in [-0.4, -0.2) is 47.4 Å². The summed E-state index contributed by atoms with van der Waals surface area (Å²) in [6, 6.07) is -0.540. The van der Waals surface area contributed by atoms with Crippen LogP contribution in [0.25, 0.3) is 0 Å². The Morgan fingerprint density at radius 3 is 1.00 bits per heavy atom. The second kappa shape index (κ2) is 68.6. The number of esters is 1. The lowest BCUT2D eigenvalue weighted by atomic mass is 10.0. The van der Waals surface area contributed by atoms with Crippen molar-refractivity contribution in [3.8, 4) is 0 Å². The van der Waals surface area contributed by atoms with E-state index in [1.165, 1.54) is 308 Å². The molecule has 466 valence electrons. The fourth-order valence-corrected chi connectivity index (χ4v) is 11.2. The van der Waals surface area contributed by atoms with Crippen LogP contribution in [0.1, 0.15) is 393 Å². The molecular weight excluding hydrogens is 971 g/mol. The SMILES string of the molecule is CCCCC/C=C\C/C=C\CCCCCCCCCCCC(=O)OCCCCCCCCCCCCCC/C=C\CCCCCCCCCCCCCCCCC(=O)NC(CO)C(O)CCCCCCCCCCCCCCC. The lowest BCUT2D eigenvalue weighted by Gasteiger charge is -2.22. The summed E-state index contributed by atoms with van der Waals surface area (Å²) < 4.78 is 5.51. The lowest BCUT2D eigenvalue weighted by Crippen LogP contribution is -2.45. The number of allylic oxidation sites excluding steroid dienone is 6. The first-order chi connectivity index (χ1) is 39.0. The second-order valence-electron chi connectivity index (χ2n) is 24.6. The monoisotopic (exact) mass is 1110 g/mol. The number of nitrogens with one attached hydrogen (secondary N) is 1. The summed E-state index contributed by atoms with van der Waals surface area (Å²) in [5.41, 5.74) is 0. The van der Waals surface area contributed by atoms with E-state index < -0.39 is 12.1 Å². The normalized spacial score (nSPS) is 12.7. The Morgan fingerprint density at radius 2 is 0.633 bits per heavy atom. The Kier molecular flexibility index (Phi) is 66.9. The minimum Gasteiger partial charge on any atom is -0.466 e. The number of aliphatic hydroxyl groups is 2. The van der Waals surface area contributed by atoms with Gasteiger partial charge in [-0.1, -0.05) is 333 Å². The molecule has 0 aliphatic rings. The molecule has 79 heavy (non-hydrogen) atoms. The van der Waals surface area contributed by atoms with Gasteiger partial charge in [-0.05, 0) is 83.5 Å². The van der Waals surface area contributed by atoms with E-state index in [0.29, 0.717) is 25.9 Å². The highest BCUT2D eigenvalue weighted by Gasteiger charge is 2.20. The van der Waals surface area contributed by atoms with E-state index in [9.17, 15) is 19.8 Å². The van der Waals surface area contributed by atoms with Gasteiger partial charge in [-0.3, -0.25) is 9.59 Å². The van der Waals surface area contributed by atoms with Crippen LogP contribution in [0.2, 0.25) is 0 Å². The summed E-state index contributed by atoms with van der Waals surface area (Å²) in [7, 11) is 0. The van der Waals surface area contributed by atoms with Crippen molar-refractivity contribution in [2.75, 3.05) is 13.2 Å². The average Bonchev–Trinajstić information content (AvgIpc) is 3.45. The summed E-state index contributed by atoms with van der Waals surface area (Å²) in [6.07, 6.45) is 87.7. The Morgan fingerprint density at radius 1 is 0.354 bits per heavy atom. The van der Waals surface area contributed by atoms with Crippen molar-refractivity contribution in [1.29, 1.82) is 0 Å². The number of amides is 1. The van der Waals surface area contributed by atoms with Gasteiger partial charge in [-0.25, -0.2) is 0 Å². The van der Waals surface area contributed by atoms with Crippen LogP contribution in [0.5, 0.6) is 0 Å². The van der Waals surface area contributed by atoms with Crippen LogP contribution in [0, 0.1) is 0 Å². The van der Waals surface area contributed by atoms with Crippen molar-refractivity contribution < 1.29 is 24.5 Å². The Balaban J connectivity index is 3.34. The first-order valence-corrected chi connectivity index (χ1v) is 35.7. The Labute approximate surface area is 494 Å². The molecule has 0 aromatic rings. The number of carbonyl (C=O) groups excluding carboxylic acids is 2. The Hall–Kier alpha value is -1.92. The van der Waals surface area contributed by atoms with E-state index >= 15 is 0 Å². The highest BCUT2D eigenvalue weighted by Crippen LogP contribution is 2.19. The molecule has 0 aromatic carbocycles. The van der Waals surface area contributed by atoms with Gasteiger partial charge in [0.15, 0.2) is 0 Å². The number of ether oxygens (including phenoxy) is 1. The zero-order valence-corrected chi connectivity index (χ0v) is 53.4. The Bertz CT molecular complexity index is 1280. The smallest absolute Gasteiger partial charge is 0.305 e. The molecule has 1 amide bonds. The van der Waals surface area contributed by atoms with Gasteiger partial charge >= 0.3 is 5.97 Å². The predicted molar refractivity (Wildman–Crippen MR) is 347 cm³/mol. The van der Waals surface area contributed by atoms with Gasteiger partial charge in [-0.15, -0.1) is 0 Å². The molecule has 2 unspecified atom stereocenters. The average molecular weight is 1110 g/mol. The summed E-state index contributed by atoms with van der Waals surface area (Å²) in [5.74, 6) is -0.0180. The molecule has 0 saturated carbocycles. The quantitative estimate of drug-likeness (QED) is 0.0320. The molecule has 0 fully saturated rings. The molecule has 0 aromatic heterocycles. The molecule has 0 spiro atoms. The molecule has 0 rings (SSSR count). The van der Waals surface area contributed by atoms with Gasteiger partial charge in [0.1, 0.15) is 0 Å². The zero-order chi connectivity index (χ0) is 57.1. The van der Waals surface area contributed by atoms with E-state index in [0.717, 1.165) is 51.4 Å². The number of hydrogen-bond donors (Lipinski definition) is 3. The van der Waals surface area contributed by atoms with Crippen molar-refractivity contribution in [3.05, 3.63) is 36.5 Å². The molecule has 0 aliphatic heterocycles. The molecule has 0 radical (unpaired) electrons. The first-order valence-electron chi connectivity index (χ1n) is 35.7. The fraction of sp³-hybridized carbons (Fsp3) is 0.890. The van der Waals surface area contributed by atoms with E-state index in [1.807, 2.05) is 0 Å². The van der Waals surface area contributed by atoms with E-state index in [4.69, 9.17) is 4.74 Å². The third-order valence-corrected chi connectivity index (χ3v) is 16.7. The van der Waals surface area contributed by atoms with Crippen molar-refractivity contribution in [2.45, 2.75) is 405 Å². The third kappa shape index (κ3) is 65.1. The summed E-state index contributed by atoms with van der Waals surface area (Å²) in [5, 5.41) is 23.3. The van der Waals surface area contributed by atoms with Crippen molar-refractivity contribution in [3.63, 3.8) is 0 Å². The summed E-state index contributed by atoms with van der Waals surface area (Å²) in [6.45, 7) is 4.95.